The van der Waals surface area contributed by atoms with E-state index in [0.29, 0.717) is 25.7 Å². The van der Waals surface area contributed by atoms with Crippen molar-refractivity contribution in [2.24, 2.45) is 4.99 Å². The number of carbonyl (C=O) groups is 1. The number of nitrogens with zero attached hydrogens (tertiary/aromatic N) is 1. The van der Waals surface area contributed by atoms with Gasteiger partial charge in [-0.15, -0.1) is 24.0 Å². The van der Waals surface area contributed by atoms with E-state index in [9.17, 15) is 4.79 Å². The molecule has 1 rings (SSSR count). The molecular formula is C18H30IN3O3. The lowest BCUT2D eigenvalue weighted by Crippen LogP contribution is -2.41. The zero-order valence-electron chi connectivity index (χ0n) is 15.7. The van der Waals surface area contributed by atoms with Crippen molar-refractivity contribution in [2.45, 2.75) is 46.8 Å². The molecule has 0 aromatic heterocycles. The molecule has 0 heterocycles. The largest absolute Gasteiger partial charge is 0.494 e. The standard InChI is InChI=1S/C18H29N3O3.HI/c1-6-19-17(21-13-16(22)24-18(3,4)5)20-12-14-10-8-9-11-15(14)23-7-2;/h8-11H,6-7,12-13H2,1-5H3,(H2,19,20,21);1H. The van der Waals surface area contributed by atoms with Crippen LogP contribution < -0.4 is 15.4 Å². The van der Waals surface area contributed by atoms with Crippen LogP contribution in [0.15, 0.2) is 29.3 Å². The van der Waals surface area contributed by atoms with Crippen LogP contribution >= 0.6 is 24.0 Å². The van der Waals surface area contributed by atoms with E-state index in [2.05, 4.69) is 15.6 Å². The highest BCUT2D eigenvalue weighted by Gasteiger charge is 2.16. The summed E-state index contributed by atoms with van der Waals surface area (Å²) in [6, 6.07) is 7.79. The molecule has 0 unspecified atom stereocenters. The number of esters is 1. The Morgan fingerprint density at radius 2 is 1.84 bits per heavy atom. The average Bonchev–Trinajstić information content (AvgIpc) is 2.50. The van der Waals surface area contributed by atoms with Crippen molar-refractivity contribution in [3.8, 4) is 5.75 Å². The van der Waals surface area contributed by atoms with Crippen LogP contribution in [0.1, 0.15) is 40.2 Å². The molecule has 1 aromatic carbocycles. The van der Waals surface area contributed by atoms with Crippen LogP contribution in [0, 0.1) is 0 Å². The van der Waals surface area contributed by atoms with Crippen LogP contribution in [0.4, 0.5) is 0 Å². The van der Waals surface area contributed by atoms with E-state index in [1.165, 1.54) is 0 Å². The number of para-hydroxylation sites is 1. The highest BCUT2D eigenvalue weighted by Crippen LogP contribution is 2.18. The van der Waals surface area contributed by atoms with Crippen LogP contribution in [0.5, 0.6) is 5.75 Å². The van der Waals surface area contributed by atoms with Gasteiger partial charge in [-0.25, -0.2) is 4.99 Å². The summed E-state index contributed by atoms with van der Waals surface area (Å²) in [7, 11) is 0. The summed E-state index contributed by atoms with van der Waals surface area (Å²) < 4.78 is 10.9. The van der Waals surface area contributed by atoms with E-state index in [1.807, 2.05) is 58.9 Å². The Balaban J connectivity index is 0.00000576. The number of carbonyl (C=O) groups excluding carboxylic acids is 1. The minimum atomic E-state index is -0.495. The predicted octanol–water partition coefficient (Wildman–Crippen LogP) is 3.10. The quantitative estimate of drug-likeness (QED) is 0.282. The second kappa shape index (κ2) is 11.9. The number of rotatable bonds is 7. The molecule has 0 saturated carbocycles. The molecule has 0 aliphatic carbocycles. The summed E-state index contributed by atoms with van der Waals surface area (Å²) >= 11 is 0. The maximum absolute atomic E-state index is 11.8. The Hall–Kier alpha value is -1.51. The lowest BCUT2D eigenvalue weighted by Gasteiger charge is -2.20. The van der Waals surface area contributed by atoms with Gasteiger partial charge < -0.3 is 20.1 Å². The summed E-state index contributed by atoms with van der Waals surface area (Å²) in [6.07, 6.45) is 0. The molecule has 0 bridgehead atoms. The van der Waals surface area contributed by atoms with Crippen LogP contribution in [-0.4, -0.2) is 37.2 Å². The summed E-state index contributed by atoms with van der Waals surface area (Å²) in [5, 5.41) is 6.10. The van der Waals surface area contributed by atoms with Gasteiger partial charge in [-0.1, -0.05) is 18.2 Å². The molecule has 0 atom stereocenters. The lowest BCUT2D eigenvalue weighted by molar-refractivity contribution is -0.153. The van der Waals surface area contributed by atoms with Gasteiger partial charge in [-0.05, 0) is 40.7 Å². The monoisotopic (exact) mass is 463 g/mol. The van der Waals surface area contributed by atoms with Gasteiger partial charge in [0.25, 0.3) is 0 Å². The number of ether oxygens (including phenoxy) is 2. The molecule has 1 aromatic rings. The predicted molar refractivity (Wildman–Crippen MR) is 112 cm³/mol. The van der Waals surface area contributed by atoms with Crippen LogP contribution in [0.25, 0.3) is 0 Å². The Kier molecular flexibility index (Phi) is 11.2. The van der Waals surface area contributed by atoms with E-state index in [0.717, 1.165) is 11.3 Å². The van der Waals surface area contributed by atoms with Gasteiger partial charge in [0.05, 0.1) is 13.2 Å². The summed E-state index contributed by atoms with van der Waals surface area (Å²) in [6.45, 7) is 11.3. The minimum Gasteiger partial charge on any atom is -0.494 e. The molecule has 2 N–H and O–H groups in total. The summed E-state index contributed by atoms with van der Waals surface area (Å²) in [5.74, 6) is 1.07. The van der Waals surface area contributed by atoms with Crippen molar-refractivity contribution in [1.29, 1.82) is 0 Å². The molecule has 7 heteroatoms. The number of hydrogen-bond acceptors (Lipinski definition) is 4. The first-order valence-corrected chi connectivity index (χ1v) is 8.30. The maximum atomic E-state index is 11.8. The number of hydrogen-bond donors (Lipinski definition) is 2. The molecule has 0 amide bonds. The zero-order chi connectivity index (χ0) is 18.0. The van der Waals surface area contributed by atoms with Crippen molar-refractivity contribution in [1.82, 2.24) is 10.6 Å². The number of guanidine groups is 1. The van der Waals surface area contributed by atoms with Crippen molar-refractivity contribution >= 4 is 35.9 Å². The fraction of sp³-hybridized carbons (Fsp3) is 0.556. The Labute approximate surface area is 167 Å². The topological polar surface area (TPSA) is 72.0 Å². The van der Waals surface area contributed by atoms with E-state index >= 15 is 0 Å². The highest BCUT2D eigenvalue weighted by atomic mass is 127. The number of nitrogens with one attached hydrogen (secondary N) is 2. The van der Waals surface area contributed by atoms with E-state index in [1.54, 1.807) is 0 Å². The first kappa shape index (κ1) is 23.5. The number of halogens is 1. The Morgan fingerprint density at radius 3 is 2.44 bits per heavy atom. The third kappa shape index (κ3) is 10.2. The van der Waals surface area contributed by atoms with Gasteiger partial charge in [-0.3, -0.25) is 4.79 Å². The third-order valence-electron chi connectivity index (χ3n) is 2.84. The van der Waals surface area contributed by atoms with Crippen molar-refractivity contribution in [3.05, 3.63) is 29.8 Å². The molecule has 0 aliphatic rings. The van der Waals surface area contributed by atoms with Crippen LogP contribution in [-0.2, 0) is 16.1 Å². The van der Waals surface area contributed by atoms with Crippen molar-refractivity contribution in [2.75, 3.05) is 19.7 Å². The smallest absolute Gasteiger partial charge is 0.325 e. The Morgan fingerprint density at radius 1 is 1.16 bits per heavy atom. The second-order valence-electron chi connectivity index (χ2n) is 6.18. The molecule has 0 radical (unpaired) electrons. The van der Waals surface area contributed by atoms with E-state index < -0.39 is 5.60 Å². The third-order valence-corrected chi connectivity index (χ3v) is 2.84. The van der Waals surface area contributed by atoms with E-state index in [4.69, 9.17) is 9.47 Å². The SMILES string of the molecule is CCNC(=NCc1ccccc1OCC)NCC(=O)OC(C)(C)C.I. The maximum Gasteiger partial charge on any atom is 0.325 e. The Bertz CT molecular complexity index is 557. The van der Waals surface area contributed by atoms with Gasteiger partial charge in [0.2, 0.25) is 0 Å². The first-order valence-electron chi connectivity index (χ1n) is 8.30. The number of benzene rings is 1. The van der Waals surface area contributed by atoms with Crippen LogP contribution in [0.2, 0.25) is 0 Å². The number of aliphatic imine (C=N–C) groups is 1. The van der Waals surface area contributed by atoms with Gasteiger partial charge in [0, 0.05) is 12.1 Å². The molecule has 0 saturated heterocycles. The van der Waals surface area contributed by atoms with Gasteiger partial charge >= 0.3 is 5.97 Å². The average molecular weight is 463 g/mol. The lowest BCUT2D eigenvalue weighted by atomic mass is 10.2. The molecule has 6 nitrogen and oxygen atoms in total. The van der Waals surface area contributed by atoms with Crippen LogP contribution in [0.3, 0.4) is 0 Å². The molecule has 0 spiro atoms. The highest BCUT2D eigenvalue weighted by molar-refractivity contribution is 14.0. The minimum absolute atomic E-state index is 0. The first-order chi connectivity index (χ1) is 11.4. The molecule has 25 heavy (non-hydrogen) atoms. The fourth-order valence-electron chi connectivity index (χ4n) is 1.97. The van der Waals surface area contributed by atoms with E-state index in [-0.39, 0.29) is 36.5 Å². The second-order valence-corrected chi connectivity index (χ2v) is 6.18. The molecular weight excluding hydrogens is 433 g/mol. The molecule has 0 fully saturated rings. The fourth-order valence-corrected chi connectivity index (χ4v) is 1.97. The van der Waals surface area contributed by atoms with Crippen molar-refractivity contribution < 1.29 is 14.3 Å². The van der Waals surface area contributed by atoms with Gasteiger partial charge in [-0.2, -0.15) is 0 Å². The van der Waals surface area contributed by atoms with Gasteiger partial charge in [0.1, 0.15) is 17.9 Å². The molecule has 142 valence electrons. The summed E-state index contributed by atoms with van der Waals surface area (Å²) in [4.78, 5) is 16.3. The zero-order valence-corrected chi connectivity index (χ0v) is 18.0. The molecule has 0 aliphatic heterocycles. The van der Waals surface area contributed by atoms with Gasteiger partial charge in [0.15, 0.2) is 5.96 Å². The van der Waals surface area contributed by atoms with Crippen molar-refractivity contribution in [3.63, 3.8) is 0 Å². The summed E-state index contributed by atoms with van der Waals surface area (Å²) in [5.41, 5.74) is 0.499. The normalized spacial score (nSPS) is 11.3.